The topological polar surface area (TPSA) is 18.5 Å². The van der Waals surface area contributed by atoms with Crippen molar-refractivity contribution in [2.75, 3.05) is 19.8 Å². The van der Waals surface area contributed by atoms with E-state index in [2.05, 4.69) is 0 Å². The zero-order valence-corrected chi connectivity index (χ0v) is 17.6. The molecule has 1 heterocycles. The monoisotopic (exact) mass is 452 g/mol. The Hall–Kier alpha value is -0.570. The number of unbranched alkanes of at least 4 members (excludes halogenated alkanes) is 9. The van der Waals surface area contributed by atoms with Crippen LogP contribution < -0.4 is 0 Å². The fourth-order valence-electron chi connectivity index (χ4n) is 3.48. The van der Waals surface area contributed by atoms with Crippen molar-refractivity contribution in [2.45, 2.75) is 114 Å². The fraction of sp³-hybridized carbons (Fsp3) is 1.00. The van der Waals surface area contributed by atoms with Gasteiger partial charge in [-0.25, -0.2) is 0 Å². The molecule has 1 aliphatic rings. The molecule has 1 saturated heterocycles. The van der Waals surface area contributed by atoms with Crippen molar-refractivity contribution in [1.82, 2.24) is 0 Å². The van der Waals surface area contributed by atoms with Crippen molar-refractivity contribution in [2.24, 2.45) is 0 Å². The van der Waals surface area contributed by atoms with E-state index < -0.39 is 24.4 Å². The van der Waals surface area contributed by atoms with Gasteiger partial charge in [0, 0.05) is 19.6 Å². The van der Waals surface area contributed by atoms with Crippen LogP contribution in [0.25, 0.3) is 0 Å². The van der Waals surface area contributed by atoms with Gasteiger partial charge >= 0.3 is 18.0 Å². The molecule has 180 valence electrons. The standard InChI is InChI=1S/C21H35F7O2/c22-19(23,20(24,25)21(26,27)28)14-10-7-5-3-1-2-4-6-8-11-15-29-17-18-13-9-12-16-30-18/h18H,1-17H2. The van der Waals surface area contributed by atoms with Crippen LogP contribution in [-0.2, 0) is 9.47 Å². The summed E-state index contributed by atoms with van der Waals surface area (Å²) in [7, 11) is 0. The summed E-state index contributed by atoms with van der Waals surface area (Å²) in [4.78, 5) is 0. The van der Waals surface area contributed by atoms with E-state index >= 15 is 0 Å². The maximum absolute atomic E-state index is 13.1. The Morgan fingerprint density at radius 3 is 1.73 bits per heavy atom. The summed E-state index contributed by atoms with van der Waals surface area (Å²) in [5.41, 5.74) is 0. The average molecular weight is 452 g/mol. The van der Waals surface area contributed by atoms with Gasteiger partial charge in [0.25, 0.3) is 0 Å². The minimum Gasteiger partial charge on any atom is -0.379 e. The lowest BCUT2D eigenvalue weighted by Crippen LogP contribution is -2.51. The normalized spacial score (nSPS) is 18.7. The number of alkyl halides is 7. The van der Waals surface area contributed by atoms with Crippen molar-refractivity contribution >= 4 is 0 Å². The Bertz CT molecular complexity index is 436. The molecule has 1 aliphatic heterocycles. The summed E-state index contributed by atoms with van der Waals surface area (Å²) in [5.74, 6) is -11.0. The molecule has 1 fully saturated rings. The van der Waals surface area contributed by atoms with Crippen LogP contribution >= 0.6 is 0 Å². The lowest BCUT2D eigenvalue weighted by Gasteiger charge is -2.28. The van der Waals surface area contributed by atoms with Gasteiger partial charge in [0.05, 0.1) is 12.7 Å². The molecule has 9 heteroatoms. The molecular weight excluding hydrogens is 417 g/mol. The van der Waals surface area contributed by atoms with Crippen LogP contribution in [0.15, 0.2) is 0 Å². The quantitative estimate of drug-likeness (QED) is 0.176. The summed E-state index contributed by atoms with van der Waals surface area (Å²) < 4.78 is 99.1. The van der Waals surface area contributed by atoms with E-state index in [0.717, 1.165) is 71.0 Å². The second-order valence-electron chi connectivity index (χ2n) is 8.13. The van der Waals surface area contributed by atoms with Crippen LogP contribution in [0.3, 0.4) is 0 Å². The molecule has 0 aromatic heterocycles. The van der Waals surface area contributed by atoms with E-state index in [0.29, 0.717) is 13.0 Å². The third-order valence-corrected chi connectivity index (χ3v) is 5.42. The zero-order valence-electron chi connectivity index (χ0n) is 17.6. The number of hydrogen-bond acceptors (Lipinski definition) is 2. The highest BCUT2D eigenvalue weighted by molar-refractivity contribution is 4.90. The first-order valence-corrected chi connectivity index (χ1v) is 11.1. The summed E-state index contributed by atoms with van der Waals surface area (Å²) in [6.45, 7) is 2.23. The number of halogens is 7. The SMILES string of the molecule is FC(F)(F)C(F)(F)C(F)(F)CCCCCCCCCCCCOCC1CCCCO1. The predicted octanol–water partition coefficient (Wildman–Crippen LogP) is 7.70. The smallest absolute Gasteiger partial charge is 0.379 e. The Kier molecular flexibility index (Phi) is 12.6. The predicted molar refractivity (Wildman–Crippen MR) is 101 cm³/mol. The molecule has 0 amide bonds. The lowest BCUT2D eigenvalue weighted by atomic mass is 10.0. The van der Waals surface area contributed by atoms with Gasteiger partial charge < -0.3 is 9.47 Å². The lowest BCUT2D eigenvalue weighted by molar-refractivity contribution is -0.355. The van der Waals surface area contributed by atoms with Crippen molar-refractivity contribution < 1.29 is 40.2 Å². The Labute approximate surface area is 174 Å². The largest absolute Gasteiger partial charge is 0.459 e. The molecule has 0 bridgehead atoms. The fourth-order valence-corrected chi connectivity index (χ4v) is 3.48. The number of rotatable bonds is 16. The van der Waals surface area contributed by atoms with Crippen molar-refractivity contribution in [1.29, 1.82) is 0 Å². The summed E-state index contributed by atoms with van der Waals surface area (Å²) in [5, 5.41) is 0. The molecule has 0 radical (unpaired) electrons. The van der Waals surface area contributed by atoms with Gasteiger partial charge in [-0.3, -0.25) is 0 Å². The molecule has 1 atom stereocenters. The molecule has 1 unspecified atom stereocenters. The van der Waals surface area contributed by atoms with Gasteiger partial charge in [-0.2, -0.15) is 30.7 Å². The molecule has 0 saturated carbocycles. The molecule has 1 rings (SSSR count). The zero-order chi connectivity index (χ0) is 22.5. The summed E-state index contributed by atoms with van der Waals surface area (Å²) in [6.07, 6.45) is 3.31. The summed E-state index contributed by atoms with van der Waals surface area (Å²) >= 11 is 0. The maximum Gasteiger partial charge on any atom is 0.459 e. The molecule has 30 heavy (non-hydrogen) atoms. The average Bonchev–Trinajstić information content (AvgIpc) is 2.68. The Morgan fingerprint density at radius 1 is 0.700 bits per heavy atom. The van der Waals surface area contributed by atoms with E-state index in [1.54, 1.807) is 0 Å². The molecule has 0 aromatic rings. The van der Waals surface area contributed by atoms with Gasteiger partial charge in [0.2, 0.25) is 0 Å². The molecule has 0 aliphatic carbocycles. The molecular formula is C21H35F7O2. The number of ether oxygens (including phenoxy) is 2. The third kappa shape index (κ3) is 10.2. The maximum atomic E-state index is 13.1. The first kappa shape index (κ1) is 27.5. The van der Waals surface area contributed by atoms with Gasteiger partial charge in [-0.05, 0) is 32.1 Å². The second kappa shape index (κ2) is 13.8. The third-order valence-electron chi connectivity index (χ3n) is 5.42. The first-order valence-electron chi connectivity index (χ1n) is 11.1. The Morgan fingerprint density at radius 2 is 1.23 bits per heavy atom. The van der Waals surface area contributed by atoms with Crippen molar-refractivity contribution in [3.05, 3.63) is 0 Å². The van der Waals surface area contributed by atoms with Crippen LogP contribution in [0.1, 0.15) is 89.9 Å². The van der Waals surface area contributed by atoms with Crippen molar-refractivity contribution in [3.8, 4) is 0 Å². The first-order chi connectivity index (χ1) is 14.1. The highest BCUT2D eigenvalue weighted by Crippen LogP contribution is 2.48. The van der Waals surface area contributed by atoms with Crippen molar-refractivity contribution in [3.63, 3.8) is 0 Å². The van der Waals surface area contributed by atoms with Crippen LogP contribution in [0, 0.1) is 0 Å². The molecule has 2 nitrogen and oxygen atoms in total. The van der Waals surface area contributed by atoms with Crippen LogP contribution in [0.4, 0.5) is 30.7 Å². The molecule has 0 N–H and O–H groups in total. The van der Waals surface area contributed by atoms with Gasteiger partial charge in [0.1, 0.15) is 0 Å². The van der Waals surface area contributed by atoms with Crippen LogP contribution in [0.5, 0.6) is 0 Å². The van der Waals surface area contributed by atoms with E-state index in [1.165, 1.54) is 6.42 Å². The number of hydrogen-bond donors (Lipinski definition) is 0. The van der Waals surface area contributed by atoms with E-state index in [9.17, 15) is 30.7 Å². The Balaban J connectivity index is 1.88. The molecule has 0 spiro atoms. The van der Waals surface area contributed by atoms with E-state index in [1.807, 2.05) is 0 Å². The van der Waals surface area contributed by atoms with Crippen LogP contribution in [-0.4, -0.2) is 43.9 Å². The van der Waals surface area contributed by atoms with Gasteiger partial charge in [-0.1, -0.05) is 51.4 Å². The van der Waals surface area contributed by atoms with Crippen LogP contribution in [0.2, 0.25) is 0 Å². The van der Waals surface area contributed by atoms with E-state index in [4.69, 9.17) is 9.47 Å². The highest BCUT2D eigenvalue weighted by Gasteiger charge is 2.72. The minimum atomic E-state index is -6.23. The highest BCUT2D eigenvalue weighted by atomic mass is 19.4. The summed E-state index contributed by atoms with van der Waals surface area (Å²) in [6, 6.07) is 0. The van der Waals surface area contributed by atoms with E-state index in [-0.39, 0.29) is 18.9 Å². The van der Waals surface area contributed by atoms with Gasteiger partial charge in [-0.15, -0.1) is 0 Å². The minimum absolute atomic E-state index is 0.228. The van der Waals surface area contributed by atoms with Gasteiger partial charge in [0.15, 0.2) is 0 Å². The second-order valence-corrected chi connectivity index (χ2v) is 8.13. The molecule has 0 aromatic carbocycles.